The van der Waals surface area contributed by atoms with Crippen LogP contribution in [-0.4, -0.2) is 52.9 Å². The largest absolute Gasteiger partial charge is 0.479 e. The van der Waals surface area contributed by atoms with Gasteiger partial charge in [-0.05, 0) is 6.92 Å². The number of aliphatic carboxylic acids is 1. The molecule has 1 atom stereocenters. The molecule has 0 heterocycles. The molecule has 0 spiro atoms. The Bertz CT molecular complexity index is 300. The Morgan fingerprint density at radius 3 is 2.65 bits per heavy atom. The molecule has 0 saturated heterocycles. The van der Waals surface area contributed by atoms with Gasteiger partial charge in [0.15, 0.2) is 6.10 Å². The Labute approximate surface area is 99.6 Å². The fraction of sp³-hybridized carbons (Fsp3) is 0.700. The number of aliphatic hydroxyl groups excluding tert-OH is 1. The van der Waals surface area contributed by atoms with Gasteiger partial charge in [-0.15, -0.1) is 0 Å². The zero-order valence-electron chi connectivity index (χ0n) is 9.72. The minimum atomic E-state index is -1.47. The van der Waals surface area contributed by atoms with Gasteiger partial charge in [-0.1, -0.05) is 0 Å². The molecule has 7 heteroatoms. The lowest BCUT2D eigenvalue weighted by atomic mass is 10.2. The van der Waals surface area contributed by atoms with Gasteiger partial charge in [0, 0.05) is 26.1 Å². The van der Waals surface area contributed by atoms with Crippen molar-refractivity contribution in [1.29, 1.82) is 5.26 Å². The minimum Gasteiger partial charge on any atom is -0.479 e. The van der Waals surface area contributed by atoms with Crippen molar-refractivity contribution in [1.82, 2.24) is 10.2 Å². The van der Waals surface area contributed by atoms with E-state index in [2.05, 4.69) is 5.32 Å². The maximum atomic E-state index is 11.5. The first-order valence-corrected chi connectivity index (χ1v) is 5.33. The first-order valence-electron chi connectivity index (χ1n) is 5.33. The van der Waals surface area contributed by atoms with E-state index >= 15 is 0 Å². The number of nitriles is 1. The van der Waals surface area contributed by atoms with E-state index in [1.807, 2.05) is 6.07 Å². The van der Waals surface area contributed by atoms with E-state index in [0.717, 1.165) is 0 Å². The molecule has 3 N–H and O–H groups in total. The Balaban J connectivity index is 3.91. The molecular formula is C10H17N3O4. The Morgan fingerprint density at radius 1 is 1.53 bits per heavy atom. The van der Waals surface area contributed by atoms with Crippen LogP contribution >= 0.6 is 0 Å². The predicted molar refractivity (Wildman–Crippen MR) is 59.1 cm³/mol. The maximum Gasteiger partial charge on any atom is 0.332 e. The van der Waals surface area contributed by atoms with Crippen LogP contribution in [0.1, 0.15) is 19.8 Å². The fourth-order valence-corrected chi connectivity index (χ4v) is 1.14. The van der Waals surface area contributed by atoms with Gasteiger partial charge in [0.1, 0.15) is 0 Å². The van der Waals surface area contributed by atoms with Crippen molar-refractivity contribution in [3.05, 3.63) is 0 Å². The number of carbonyl (C=O) groups excluding carboxylic acids is 1. The average molecular weight is 243 g/mol. The number of aliphatic hydroxyl groups is 1. The van der Waals surface area contributed by atoms with Crippen molar-refractivity contribution in [3.8, 4) is 6.07 Å². The molecule has 17 heavy (non-hydrogen) atoms. The summed E-state index contributed by atoms with van der Waals surface area (Å²) < 4.78 is 0. The quantitative estimate of drug-likeness (QED) is 0.571. The highest BCUT2D eigenvalue weighted by molar-refractivity contribution is 5.74. The summed E-state index contributed by atoms with van der Waals surface area (Å²) in [5.41, 5.74) is 0. The summed E-state index contributed by atoms with van der Waals surface area (Å²) in [6, 6.07) is 1.58. The van der Waals surface area contributed by atoms with Crippen LogP contribution in [-0.2, 0) is 4.79 Å². The first kappa shape index (κ1) is 15.2. The van der Waals surface area contributed by atoms with Crippen LogP contribution in [0.25, 0.3) is 0 Å². The molecule has 0 aromatic rings. The third kappa shape index (κ3) is 6.37. The number of amides is 2. The summed E-state index contributed by atoms with van der Waals surface area (Å²) in [6.07, 6.45) is -1.26. The van der Waals surface area contributed by atoms with E-state index in [4.69, 9.17) is 15.5 Å². The lowest BCUT2D eigenvalue weighted by molar-refractivity contribution is -0.146. The second-order valence-electron chi connectivity index (χ2n) is 3.36. The summed E-state index contributed by atoms with van der Waals surface area (Å²) in [7, 11) is 0. The molecule has 0 fully saturated rings. The molecule has 0 aliphatic heterocycles. The normalized spacial score (nSPS) is 11.4. The second-order valence-corrected chi connectivity index (χ2v) is 3.36. The molecule has 0 bridgehead atoms. The molecule has 7 nitrogen and oxygen atoms in total. The molecule has 0 aromatic carbocycles. The number of nitrogens with one attached hydrogen (secondary N) is 1. The van der Waals surface area contributed by atoms with Gasteiger partial charge in [-0.25, -0.2) is 9.59 Å². The lowest BCUT2D eigenvalue weighted by Gasteiger charge is -2.20. The Kier molecular flexibility index (Phi) is 7.46. The summed E-state index contributed by atoms with van der Waals surface area (Å²) in [5, 5.41) is 28.3. The van der Waals surface area contributed by atoms with Gasteiger partial charge in [0.05, 0.1) is 12.5 Å². The maximum absolute atomic E-state index is 11.5. The number of hydrogen-bond donors (Lipinski definition) is 3. The van der Waals surface area contributed by atoms with Crippen LogP contribution in [0.15, 0.2) is 0 Å². The average Bonchev–Trinajstić information content (AvgIpc) is 2.29. The van der Waals surface area contributed by atoms with E-state index in [1.54, 1.807) is 6.92 Å². The number of rotatable bonds is 7. The van der Waals surface area contributed by atoms with Crippen LogP contribution in [0.4, 0.5) is 4.79 Å². The topological polar surface area (TPSA) is 114 Å². The number of carbonyl (C=O) groups is 2. The monoisotopic (exact) mass is 243 g/mol. The highest BCUT2D eigenvalue weighted by atomic mass is 16.4. The molecule has 96 valence electrons. The molecule has 2 amide bonds. The van der Waals surface area contributed by atoms with Gasteiger partial charge in [-0.2, -0.15) is 5.26 Å². The van der Waals surface area contributed by atoms with Gasteiger partial charge in [0.2, 0.25) is 0 Å². The van der Waals surface area contributed by atoms with Crippen LogP contribution in [0.2, 0.25) is 0 Å². The highest BCUT2D eigenvalue weighted by Gasteiger charge is 2.14. The Morgan fingerprint density at radius 2 is 2.18 bits per heavy atom. The third-order valence-corrected chi connectivity index (χ3v) is 2.14. The molecule has 0 radical (unpaired) electrons. The van der Waals surface area contributed by atoms with E-state index in [1.165, 1.54) is 4.90 Å². The van der Waals surface area contributed by atoms with E-state index < -0.39 is 12.1 Å². The first-order chi connectivity index (χ1) is 8.02. The zero-order chi connectivity index (χ0) is 13.3. The molecular weight excluding hydrogens is 226 g/mol. The fourth-order valence-electron chi connectivity index (χ4n) is 1.14. The predicted octanol–water partition coefficient (Wildman–Crippen LogP) is -0.233. The number of carboxylic acid groups (broad SMARTS) is 1. The Hall–Kier alpha value is -1.81. The number of carboxylic acids is 1. The second kappa shape index (κ2) is 8.35. The molecule has 0 aromatic heterocycles. The molecule has 0 saturated carbocycles. The number of urea groups is 1. The standard InChI is InChI=1S/C10H17N3O4/c1-2-13(7-3-5-11)10(17)12-6-4-8(14)9(15)16/h8,14H,2-4,6-7H2,1H3,(H,12,17)(H,15,16)/t8-/m0/s1. The van der Waals surface area contributed by atoms with Crippen LogP contribution < -0.4 is 5.32 Å². The van der Waals surface area contributed by atoms with E-state index in [-0.39, 0.29) is 25.4 Å². The number of hydrogen-bond acceptors (Lipinski definition) is 4. The zero-order valence-corrected chi connectivity index (χ0v) is 9.72. The number of nitrogens with zero attached hydrogens (tertiary/aromatic N) is 2. The molecule has 0 aliphatic carbocycles. The summed E-state index contributed by atoms with van der Waals surface area (Å²) in [4.78, 5) is 23.2. The van der Waals surface area contributed by atoms with Gasteiger partial charge < -0.3 is 20.4 Å². The van der Waals surface area contributed by atoms with Crippen LogP contribution in [0, 0.1) is 11.3 Å². The summed E-state index contributed by atoms with van der Waals surface area (Å²) in [5.74, 6) is -1.31. The molecule has 0 unspecified atom stereocenters. The van der Waals surface area contributed by atoms with Gasteiger partial charge in [0.25, 0.3) is 0 Å². The van der Waals surface area contributed by atoms with Crippen molar-refractivity contribution in [2.24, 2.45) is 0 Å². The van der Waals surface area contributed by atoms with Crippen molar-refractivity contribution < 1.29 is 19.8 Å². The SMILES string of the molecule is CCN(CCC#N)C(=O)NCC[C@H](O)C(=O)O. The summed E-state index contributed by atoms with van der Waals surface area (Å²) in [6.45, 7) is 2.66. The van der Waals surface area contributed by atoms with Crippen molar-refractivity contribution in [2.75, 3.05) is 19.6 Å². The van der Waals surface area contributed by atoms with Crippen molar-refractivity contribution >= 4 is 12.0 Å². The van der Waals surface area contributed by atoms with Gasteiger partial charge >= 0.3 is 12.0 Å². The summed E-state index contributed by atoms with van der Waals surface area (Å²) >= 11 is 0. The highest BCUT2D eigenvalue weighted by Crippen LogP contribution is 1.94. The van der Waals surface area contributed by atoms with Crippen LogP contribution in [0.3, 0.4) is 0 Å². The molecule has 0 rings (SSSR count). The third-order valence-electron chi connectivity index (χ3n) is 2.14. The van der Waals surface area contributed by atoms with Gasteiger partial charge in [-0.3, -0.25) is 0 Å². The van der Waals surface area contributed by atoms with Crippen molar-refractivity contribution in [3.63, 3.8) is 0 Å². The van der Waals surface area contributed by atoms with Crippen molar-refractivity contribution in [2.45, 2.75) is 25.9 Å². The van der Waals surface area contributed by atoms with E-state index in [0.29, 0.717) is 13.1 Å². The van der Waals surface area contributed by atoms with E-state index in [9.17, 15) is 9.59 Å². The lowest BCUT2D eigenvalue weighted by Crippen LogP contribution is -2.41. The smallest absolute Gasteiger partial charge is 0.332 e. The minimum absolute atomic E-state index is 0.0448. The van der Waals surface area contributed by atoms with Crippen LogP contribution in [0.5, 0.6) is 0 Å². The molecule has 0 aliphatic rings.